The molecule has 0 radical (unpaired) electrons. The molecule has 17 heavy (non-hydrogen) atoms. The summed E-state index contributed by atoms with van der Waals surface area (Å²) in [6.07, 6.45) is 2.61. The maximum absolute atomic E-state index is 11.9. The van der Waals surface area contributed by atoms with Crippen LogP contribution in [0.1, 0.15) is 38.9 Å². The molecule has 0 aliphatic rings. The van der Waals surface area contributed by atoms with Gasteiger partial charge in [0.05, 0.1) is 17.8 Å². The van der Waals surface area contributed by atoms with Gasteiger partial charge in [0.1, 0.15) is 0 Å². The second-order valence-corrected chi connectivity index (χ2v) is 4.40. The molecule has 1 heterocycles. The molecule has 94 valence electrons. The summed E-state index contributed by atoms with van der Waals surface area (Å²) >= 11 is 0. The van der Waals surface area contributed by atoms with E-state index in [1.807, 2.05) is 39.0 Å². The van der Waals surface area contributed by atoms with Crippen molar-refractivity contribution in [2.24, 2.45) is 11.7 Å². The summed E-state index contributed by atoms with van der Waals surface area (Å²) in [4.78, 5) is 16.1. The minimum absolute atomic E-state index is 0.112. The predicted molar refractivity (Wildman–Crippen MR) is 68.2 cm³/mol. The first kappa shape index (κ1) is 13.6. The summed E-state index contributed by atoms with van der Waals surface area (Å²) in [5.74, 6) is 0.0726. The topological polar surface area (TPSA) is 68.0 Å². The molecule has 1 rings (SSSR count). The highest BCUT2D eigenvalue weighted by molar-refractivity contribution is 5.82. The van der Waals surface area contributed by atoms with Crippen LogP contribution < -0.4 is 11.1 Å². The van der Waals surface area contributed by atoms with E-state index in [-0.39, 0.29) is 17.9 Å². The second kappa shape index (κ2) is 6.35. The van der Waals surface area contributed by atoms with Crippen LogP contribution in [-0.2, 0) is 4.79 Å². The Morgan fingerprint density at radius 3 is 2.71 bits per heavy atom. The highest BCUT2D eigenvalue weighted by Crippen LogP contribution is 2.10. The lowest BCUT2D eigenvalue weighted by molar-refractivity contribution is -0.124. The highest BCUT2D eigenvalue weighted by Gasteiger charge is 2.21. The predicted octanol–water partition coefficient (Wildman–Crippen LogP) is 1.63. The Bertz CT molecular complexity index is 353. The fourth-order valence-electron chi connectivity index (χ4n) is 1.53. The van der Waals surface area contributed by atoms with Crippen molar-refractivity contribution in [3.8, 4) is 0 Å². The number of nitrogens with one attached hydrogen (secondary N) is 1. The lowest BCUT2D eigenvalue weighted by Crippen LogP contribution is -2.45. The summed E-state index contributed by atoms with van der Waals surface area (Å²) in [7, 11) is 0. The van der Waals surface area contributed by atoms with E-state index in [2.05, 4.69) is 10.3 Å². The summed E-state index contributed by atoms with van der Waals surface area (Å²) in [6.45, 7) is 5.92. The number of hydrogen-bond acceptors (Lipinski definition) is 3. The van der Waals surface area contributed by atoms with Crippen molar-refractivity contribution in [2.45, 2.75) is 39.3 Å². The van der Waals surface area contributed by atoms with E-state index in [0.29, 0.717) is 0 Å². The van der Waals surface area contributed by atoms with E-state index < -0.39 is 6.04 Å². The molecule has 4 heteroatoms. The molecule has 0 aliphatic carbocycles. The Morgan fingerprint density at radius 2 is 2.18 bits per heavy atom. The number of nitrogens with two attached hydrogens (primary N) is 1. The van der Waals surface area contributed by atoms with Crippen molar-refractivity contribution in [1.29, 1.82) is 0 Å². The molecule has 3 atom stereocenters. The summed E-state index contributed by atoms with van der Waals surface area (Å²) in [5, 5.41) is 2.88. The molecule has 4 nitrogen and oxygen atoms in total. The molecule has 0 aliphatic heterocycles. The molecule has 1 amide bonds. The van der Waals surface area contributed by atoms with E-state index in [1.54, 1.807) is 6.20 Å². The lowest BCUT2D eigenvalue weighted by Gasteiger charge is -2.20. The number of nitrogens with zero attached hydrogens (tertiary/aromatic N) is 1. The minimum Gasteiger partial charge on any atom is -0.347 e. The molecule has 1 aromatic heterocycles. The number of amides is 1. The van der Waals surface area contributed by atoms with E-state index in [9.17, 15) is 4.79 Å². The van der Waals surface area contributed by atoms with Crippen molar-refractivity contribution in [2.75, 3.05) is 0 Å². The van der Waals surface area contributed by atoms with Gasteiger partial charge in [-0.2, -0.15) is 0 Å². The number of aromatic nitrogens is 1. The fourth-order valence-corrected chi connectivity index (χ4v) is 1.53. The third-order valence-corrected chi connectivity index (χ3v) is 3.05. The summed E-state index contributed by atoms with van der Waals surface area (Å²) < 4.78 is 0. The summed E-state index contributed by atoms with van der Waals surface area (Å²) in [6, 6.07) is 5.08. The fraction of sp³-hybridized carbons (Fsp3) is 0.538. The van der Waals surface area contributed by atoms with E-state index in [4.69, 9.17) is 5.73 Å². The monoisotopic (exact) mass is 235 g/mol. The number of hydrogen-bond donors (Lipinski definition) is 2. The van der Waals surface area contributed by atoms with E-state index in [1.165, 1.54) is 0 Å². The zero-order valence-corrected chi connectivity index (χ0v) is 10.7. The lowest BCUT2D eigenvalue weighted by atomic mass is 9.99. The van der Waals surface area contributed by atoms with Gasteiger partial charge in [-0.15, -0.1) is 0 Å². The van der Waals surface area contributed by atoms with Crippen LogP contribution in [0.5, 0.6) is 0 Å². The number of rotatable bonds is 5. The van der Waals surface area contributed by atoms with Gasteiger partial charge in [0.25, 0.3) is 0 Å². The maximum atomic E-state index is 11.9. The maximum Gasteiger partial charge on any atom is 0.237 e. The molecular weight excluding hydrogens is 214 g/mol. The van der Waals surface area contributed by atoms with Crippen molar-refractivity contribution in [3.63, 3.8) is 0 Å². The average Bonchev–Trinajstić information content (AvgIpc) is 2.37. The first-order valence-corrected chi connectivity index (χ1v) is 6.03. The van der Waals surface area contributed by atoms with Crippen LogP contribution >= 0.6 is 0 Å². The molecule has 2 unspecified atom stereocenters. The normalized spacial score (nSPS) is 16.0. The Morgan fingerprint density at radius 1 is 1.47 bits per heavy atom. The van der Waals surface area contributed by atoms with Gasteiger partial charge < -0.3 is 11.1 Å². The Kier molecular flexibility index (Phi) is 5.10. The minimum atomic E-state index is -0.453. The quantitative estimate of drug-likeness (QED) is 0.815. The van der Waals surface area contributed by atoms with Crippen LogP contribution in [0.2, 0.25) is 0 Å². The first-order valence-electron chi connectivity index (χ1n) is 6.03. The Labute approximate surface area is 103 Å². The van der Waals surface area contributed by atoms with Crippen molar-refractivity contribution < 1.29 is 4.79 Å². The van der Waals surface area contributed by atoms with Gasteiger partial charge in [-0.05, 0) is 25.0 Å². The van der Waals surface area contributed by atoms with Crippen molar-refractivity contribution >= 4 is 5.91 Å². The molecule has 0 bridgehead atoms. The molecule has 3 N–H and O–H groups in total. The van der Waals surface area contributed by atoms with Gasteiger partial charge in [0, 0.05) is 6.20 Å². The van der Waals surface area contributed by atoms with Crippen LogP contribution in [0.3, 0.4) is 0 Å². The van der Waals surface area contributed by atoms with Crippen LogP contribution in [0.25, 0.3) is 0 Å². The standard InChI is InChI=1S/C13H21N3O/c1-4-9(2)12(14)13(17)16-10(3)11-7-5-6-8-15-11/h5-10,12H,4,14H2,1-3H3,(H,16,17)/t9?,10-,12?/m0/s1. The average molecular weight is 235 g/mol. The number of pyridine rings is 1. The van der Waals surface area contributed by atoms with Gasteiger partial charge in [-0.25, -0.2) is 0 Å². The zero-order valence-electron chi connectivity index (χ0n) is 10.7. The van der Waals surface area contributed by atoms with Crippen LogP contribution in [0.15, 0.2) is 24.4 Å². The largest absolute Gasteiger partial charge is 0.347 e. The molecule has 0 spiro atoms. The SMILES string of the molecule is CCC(C)C(N)C(=O)N[C@@H](C)c1ccccn1. The highest BCUT2D eigenvalue weighted by atomic mass is 16.2. The van der Waals surface area contributed by atoms with E-state index >= 15 is 0 Å². The number of carbonyl (C=O) groups is 1. The van der Waals surface area contributed by atoms with Gasteiger partial charge in [-0.1, -0.05) is 26.3 Å². The zero-order chi connectivity index (χ0) is 12.8. The van der Waals surface area contributed by atoms with Crippen LogP contribution in [0, 0.1) is 5.92 Å². The van der Waals surface area contributed by atoms with Crippen LogP contribution in [-0.4, -0.2) is 16.9 Å². The van der Waals surface area contributed by atoms with Crippen molar-refractivity contribution in [3.05, 3.63) is 30.1 Å². The molecule has 0 aromatic carbocycles. The summed E-state index contributed by atoms with van der Waals surface area (Å²) in [5.41, 5.74) is 6.71. The van der Waals surface area contributed by atoms with E-state index in [0.717, 1.165) is 12.1 Å². The molecule has 0 saturated carbocycles. The Balaban J connectivity index is 2.57. The Hall–Kier alpha value is -1.42. The smallest absolute Gasteiger partial charge is 0.237 e. The molecule has 1 aromatic rings. The number of carbonyl (C=O) groups excluding carboxylic acids is 1. The van der Waals surface area contributed by atoms with Gasteiger partial charge in [0.2, 0.25) is 5.91 Å². The molecule has 0 saturated heterocycles. The van der Waals surface area contributed by atoms with Crippen LogP contribution in [0.4, 0.5) is 0 Å². The second-order valence-electron chi connectivity index (χ2n) is 4.40. The van der Waals surface area contributed by atoms with Gasteiger partial charge in [0.15, 0.2) is 0 Å². The molecule has 0 fully saturated rings. The van der Waals surface area contributed by atoms with Gasteiger partial charge in [-0.3, -0.25) is 9.78 Å². The molecular formula is C13H21N3O. The van der Waals surface area contributed by atoms with Gasteiger partial charge >= 0.3 is 0 Å². The first-order chi connectivity index (χ1) is 8.06. The third kappa shape index (κ3) is 3.82. The van der Waals surface area contributed by atoms with Crippen molar-refractivity contribution in [1.82, 2.24) is 10.3 Å². The third-order valence-electron chi connectivity index (χ3n) is 3.05.